The van der Waals surface area contributed by atoms with Crippen molar-refractivity contribution in [1.29, 1.82) is 0 Å². The summed E-state index contributed by atoms with van der Waals surface area (Å²) in [6.07, 6.45) is 0.748. The first kappa shape index (κ1) is 19.2. The van der Waals surface area contributed by atoms with Crippen molar-refractivity contribution in [2.24, 2.45) is 5.14 Å². The summed E-state index contributed by atoms with van der Waals surface area (Å²) in [6, 6.07) is 15.2. The van der Waals surface area contributed by atoms with Gasteiger partial charge in [-0.1, -0.05) is 42.5 Å². The number of nitrogens with two attached hydrogens (primary N) is 1. The Hall–Kier alpha value is -2.55. The number of likely N-dealkylation sites (tertiary alicyclic amines) is 1. The van der Waals surface area contributed by atoms with E-state index in [9.17, 15) is 18.0 Å². The highest BCUT2D eigenvalue weighted by Gasteiger charge is 2.37. The summed E-state index contributed by atoms with van der Waals surface area (Å²) in [4.78, 5) is 26.0. The maximum Gasteiger partial charge on any atom is 0.247 e. The normalized spacial score (nSPS) is 17.5. The summed E-state index contributed by atoms with van der Waals surface area (Å²) in [7, 11) is -3.70. The van der Waals surface area contributed by atoms with Crippen LogP contribution in [0.5, 0.6) is 0 Å². The minimum Gasteiger partial charge on any atom is -0.305 e. The van der Waals surface area contributed by atoms with Gasteiger partial charge in [0, 0.05) is 0 Å². The highest BCUT2D eigenvalue weighted by molar-refractivity contribution is 7.89. The average Bonchev–Trinajstić information content (AvgIpc) is 2.90. The molecule has 1 fully saturated rings. The van der Waals surface area contributed by atoms with Crippen LogP contribution in [-0.2, 0) is 32.6 Å². The van der Waals surface area contributed by atoms with Gasteiger partial charge >= 0.3 is 0 Å². The van der Waals surface area contributed by atoms with Crippen LogP contribution >= 0.6 is 0 Å². The van der Waals surface area contributed by atoms with Crippen LogP contribution in [0.2, 0.25) is 0 Å². The molecule has 2 aromatic rings. The lowest BCUT2D eigenvalue weighted by Crippen LogP contribution is -2.39. The second-order valence-electron chi connectivity index (χ2n) is 6.45. The largest absolute Gasteiger partial charge is 0.305 e. The number of hydrogen-bond acceptors (Lipinski definition) is 5. The van der Waals surface area contributed by atoms with E-state index in [1.54, 1.807) is 12.1 Å². The molecular formula is C19H21N3O4S. The molecule has 3 rings (SSSR count). The van der Waals surface area contributed by atoms with Gasteiger partial charge in [-0.3, -0.25) is 14.5 Å². The lowest BCUT2D eigenvalue weighted by molar-refractivity contribution is -0.139. The third-order valence-corrected chi connectivity index (χ3v) is 5.41. The van der Waals surface area contributed by atoms with E-state index >= 15 is 0 Å². The van der Waals surface area contributed by atoms with E-state index in [2.05, 4.69) is 5.32 Å². The number of nitrogens with zero attached hydrogens (tertiary/aromatic N) is 1. The van der Waals surface area contributed by atoms with Gasteiger partial charge in [0.2, 0.25) is 21.8 Å². The number of carbonyl (C=O) groups excluding carboxylic acids is 2. The Balaban J connectivity index is 1.53. The molecule has 1 atom stereocenters. The molecule has 8 heteroatoms. The average molecular weight is 387 g/mol. The fourth-order valence-electron chi connectivity index (χ4n) is 3.01. The zero-order valence-electron chi connectivity index (χ0n) is 14.7. The first-order chi connectivity index (χ1) is 12.8. The topological polar surface area (TPSA) is 110 Å². The van der Waals surface area contributed by atoms with E-state index in [1.165, 1.54) is 17.0 Å². The van der Waals surface area contributed by atoms with Gasteiger partial charge in [-0.25, -0.2) is 13.6 Å². The van der Waals surface area contributed by atoms with E-state index in [0.29, 0.717) is 13.0 Å². The fraction of sp³-hybridized carbons (Fsp3) is 0.263. The van der Waals surface area contributed by atoms with Gasteiger partial charge in [-0.05, 0) is 36.2 Å². The summed E-state index contributed by atoms with van der Waals surface area (Å²) in [5.74, 6) is -0.396. The van der Waals surface area contributed by atoms with Crippen molar-refractivity contribution in [3.8, 4) is 0 Å². The molecule has 0 radical (unpaired) electrons. The number of rotatable bonds is 7. The van der Waals surface area contributed by atoms with E-state index in [1.807, 2.05) is 30.3 Å². The molecule has 0 spiro atoms. The number of sulfonamides is 1. The Kier molecular flexibility index (Phi) is 5.69. The number of benzene rings is 2. The van der Waals surface area contributed by atoms with Crippen LogP contribution in [-0.4, -0.2) is 37.7 Å². The van der Waals surface area contributed by atoms with Gasteiger partial charge in [-0.2, -0.15) is 0 Å². The molecule has 1 saturated heterocycles. The molecule has 0 bridgehead atoms. The smallest absolute Gasteiger partial charge is 0.247 e. The molecular weight excluding hydrogens is 366 g/mol. The van der Waals surface area contributed by atoms with E-state index in [0.717, 1.165) is 11.1 Å². The number of nitrogens with one attached hydrogen (secondary N) is 1. The molecule has 3 N–H and O–H groups in total. The van der Waals surface area contributed by atoms with Crippen molar-refractivity contribution in [2.45, 2.75) is 30.3 Å². The van der Waals surface area contributed by atoms with Crippen molar-refractivity contribution >= 4 is 21.8 Å². The van der Waals surface area contributed by atoms with Crippen LogP contribution in [0.3, 0.4) is 0 Å². The number of carbonyl (C=O) groups is 2. The third-order valence-electron chi connectivity index (χ3n) is 4.48. The van der Waals surface area contributed by atoms with Gasteiger partial charge in [0.15, 0.2) is 0 Å². The van der Waals surface area contributed by atoms with Crippen LogP contribution in [0.15, 0.2) is 59.5 Å². The molecule has 1 aliphatic rings. The Labute approximate surface area is 158 Å². The van der Waals surface area contributed by atoms with E-state index in [-0.39, 0.29) is 29.7 Å². The second-order valence-corrected chi connectivity index (χ2v) is 8.01. The lowest BCUT2D eigenvalue weighted by atomic mass is 10.1. The third kappa shape index (κ3) is 4.79. The van der Waals surface area contributed by atoms with Gasteiger partial charge in [0.25, 0.3) is 0 Å². The minimum atomic E-state index is -3.70. The highest BCUT2D eigenvalue weighted by atomic mass is 32.2. The van der Waals surface area contributed by atoms with Crippen molar-refractivity contribution < 1.29 is 18.0 Å². The fourth-order valence-corrected chi connectivity index (χ4v) is 3.53. The van der Waals surface area contributed by atoms with Crippen LogP contribution in [0.25, 0.3) is 0 Å². The standard InChI is InChI=1S/C19H21N3O4S/c20-27(25,26)16-8-6-14(7-9-16)10-11-21-17-12-18(23)22(19(17)24)13-15-4-2-1-3-5-15/h1-9,17,21H,10-13H2,(H2,20,25,26)/t17-/m0/s1. The van der Waals surface area contributed by atoms with E-state index in [4.69, 9.17) is 5.14 Å². The summed E-state index contributed by atoms with van der Waals surface area (Å²) in [5.41, 5.74) is 1.82. The van der Waals surface area contributed by atoms with Gasteiger partial charge < -0.3 is 5.32 Å². The Morgan fingerprint density at radius 1 is 1.00 bits per heavy atom. The molecule has 0 saturated carbocycles. The summed E-state index contributed by atoms with van der Waals surface area (Å²) in [6.45, 7) is 0.781. The van der Waals surface area contributed by atoms with Crippen molar-refractivity contribution in [3.63, 3.8) is 0 Å². The maximum atomic E-state index is 12.5. The monoisotopic (exact) mass is 387 g/mol. The predicted octanol–water partition coefficient (Wildman–Crippen LogP) is 0.794. The quantitative estimate of drug-likeness (QED) is 0.683. The molecule has 27 heavy (non-hydrogen) atoms. The van der Waals surface area contributed by atoms with Gasteiger partial charge in [-0.15, -0.1) is 0 Å². The first-order valence-corrected chi connectivity index (χ1v) is 10.1. The van der Waals surface area contributed by atoms with Crippen LogP contribution < -0.4 is 10.5 Å². The maximum absolute atomic E-state index is 12.5. The minimum absolute atomic E-state index is 0.0623. The number of amides is 2. The van der Waals surface area contributed by atoms with Crippen molar-refractivity contribution in [3.05, 3.63) is 65.7 Å². The lowest BCUT2D eigenvalue weighted by Gasteiger charge is -2.15. The summed E-state index contributed by atoms with van der Waals surface area (Å²) in [5, 5.41) is 8.19. The number of primary sulfonamides is 1. The molecule has 142 valence electrons. The van der Waals surface area contributed by atoms with Gasteiger partial charge in [0.1, 0.15) is 0 Å². The Bertz CT molecular complexity index is 927. The van der Waals surface area contributed by atoms with Crippen LogP contribution in [0.1, 0.15) is 17.5 Å². The summed E-state index contributed by atoms with van der Waals surface area (Å²) >= 11 is 0. The highest BCUT2D eigenvalue weighted by Crippen LogP contribution is 2.17. The molecule has 0 unspecified atom stereocenters. The molecule has 1 heterocycles. The second kappa shape index (κ2) is 7.99. The zero-order valence-corrected chi connectivity index (χ0v) is 15.5. The molecule has 0 aromatic heterocycles. The van der Waals surface area contributed by atoms with Crippen molar-refractivity contribution in [1.82, 2.24) is 10.2 Å². The molecule has 0 aliphatic carbocycles. The van der Waals surface area contributed by atoms with E-state index < -0.39 is 16.1 Å². The number of hydrogen-bond donors (Lipinski definition) is 2. The first-order valence-electron chi connectivity index (χ1n) is 8.58. The van der Waals surface area contributed by atoms with Gasteiger partial charge in [0.05, 0.1) is 23.9 Å². The molecule has 2 aromatic carbocycles. The predicted molar refractivity (Wildman–Crippen MR) is 99.9 cm³/mol. The van der Waals surface area contributed by atoms with Crippen LogP contribution in [0.4, 0.5) is 0 Å². The van der Waals surface area contributed by atoms with Crippen LogP contribution in [0, 0.1) is 0 Å². The molecule has 2 amide bonds. The zero-order chi connectivity index (χ0) is 19.4. The number of imide groups is 1. The SMILES string of the molecule is NS(=O)(=O)c1ccc(CCN[C@H]2CC(=O)N(Cc3ccccc3)C2=O)cc1. The summed E-state index contributed by atoms with van der Waals surface area (Å²) < 4.78 is 22.5. The van der Waals surface area contributed by atoms with Crippen molar-refractivity contribution in [2.75, 3.05) is 6.54 Å². The molecule has 1 aliphatic heterocycles. The Morgan fingerprint density at radius 3 is 2.30 bits per heavy atom. The molecule has 7 nitrogen and oxygen atoms in total. The Morgan fingerprint density at radius 2 is 1.67 bits per heavy atom.